The molecule has 6 heteroatoms. The molecule has 148 valence electrons. The average Bonchev–Trinajstić information content (AvgIpc) is 2.56. The quantitative estimate of drug-likeness (QED) is 0.170. The van der Waals surface area contributed by atoms with Crippen LogP contribution in [-0.2, 0) is 14.3 Å². The van der Waals surface area contributed by atoms with Crippen molar-refractivity contribution >= 4 is 55.7 Å². The van der Waals surface area contributed by atoms with Crippen LogP contribution in [0, 0.1) is 0 Å². The zero-order chi connectivity index (χ0) is 18.1. The molecule has 3 nitrogen and oxygen atoms in total. The fourth-order valence-electron chi connectivity index (χ4n) is 2.92. The van der Waals surface area contributed by atoms with Gasteiger partial charge in [0.1, 0.15) is 0 Å². The molecule has 0 N–H and O–H groups in total. The minimum atomic E-state index is -3.36. The Morgan fingerprint density at radius 1 is 0.800 bits per heavy atom. The van der Waals surface area contributed by atoms with Crippen LogP contribution < -0.4 is 0 Å². The van der Waals surface area contributed by atoms with Gasteiger partial charge in [-0.1, -0.05) is 45.4 Å². The number of unbranched alkanes of at least 4 members (excludes halogenated alkanes) is 10. The third-order valence-corrected chi connectivity index (χ3v) is 7.09. The van der Waals surface area contributed by atoms with E-state index in [9.17, 15) is 8.42 Å². The predicted octanol–water partition coefficient (Wildman–Crippen LogP) is 4.87. The summed E-state index contributed by atoms with van der Waals surface area (Å²) in [5.74, 6) is 0. The molecule has 0 aliphatic rings. The van der Waals surface area contributed by atoms with Gasteiger partial charge in [-0.25, -0.2) is 0 Å². The van der Waals surface area contributed by atoms with Crippen LogP contribution in [0.3, 0.4) is 0 Å². The van der Waals surface area contributed by atoms with Crippen LogP contribution in [0.25, 0.3) is 0 Å². The molecule has 0 saturated heterocycles. The molecular formula is C19H41NaO3SSe. The maximum absolute atomic E-state index is 12.1. The SMILES string of the molecule is CCCCCCCCCCCCCC(CC)S(=O)(=O)OCCC[SeH].[NaH]. The topological polar surface area (TPSA) is 43.4 Å². The van der Waals surface area contributed by atoms with Crippen molar-refractivity contribution in [1.29, 1.82) is 0 Å². The third kappa shape index (κ3) is 17.3. The van der Waals surface area contributed by atoms with Crippen molar-refractivity contribution in [2.75, 3.05) is 6.61 Å². The number of hydrogen-bond acceptors (Lipinski definition) is 3. The molecule has 0 saturated carbocycles. The molecule has 0 radical (unpaired) electrons. The first-order valence-corrected chi connectivity index (χ1v) is 12.9. The summed E-state index contributed by atoms with van der Waals surface area (Å²) in [4.78, 5) is 0. The Morgan fingerprint density at radius 3 is 1.72 bits per heavy atom. The summed E-state index contributed by atoms with van der Waals surface area (Å²) in [5, 5.41) is 0.583. The predicted molar refractivity (Wildman–Crippen MR) is 114 cm³/mol. The van der Waals surface area contributed by atoms with Gasteiger partial charge < -0.3 is 0 Å². The van der Waals surface area contributed by atoms with E-state index in [2.05, 4.69) is 22.9 Å². The van der Waals surface area contributed by atoms with Crippen LogP contribution in [-0.4, -0.2) is 65.8 Å². The van der Waals surface area contributed by atoms with Gasteiger partial charge >= 0.3 is 144 Å². The average molecular weight is 452 g/mol. The molecule has 0 amide bonds. The maximum atomic E-state index is 12.1. The van der Waals surface area contributed by atoms with Gasteiger partial charge in [0.15, 0.2) is 0 Å². The van der Waals surface area contributed by atoms with Gasteiger partial charge in [0.2, 0.25) is 0 Å². The number of rotatable bonds is 18. The molecule has 0 aliphatic carbocycles. The second-order valence-corrected chi connectivity index (χ2v) is 9.57. The number of hydrogen-bond donors (Lipinski definition) is 0. The van der Waals surface area contributed by atoms with E-state index in [1.807, 2.05) is 6.92 Å². The molecule has 1 atom stereocenters. The summed E-state index contributed by atoms with van der Waals surface area (Å²) in [5.41, 5.74) is 0. The first-order valence-electron chi connectivity index (χ1n) is 10.1. The van der Waals surface area contributed by atoms with Crippen molar-refractivity contribution in [3.63, 3.8) is 0 Å². The molecule has 0 spiro atoms. The Bertz CT molecular complexity index is 364. The van der Waals surface area contributed by atoms with Gasteiger partial charge in [0.25, 0.3) is 0 Å². The van der Waals surface area contributed by atoms with E-state index in [4.69, 9.17) is 4.18 Å². The van der Waals surface area contributed by atoms with Crippen LogP contribution in [0.4, 0.5) is 0 Å². The molecule has 1 unspecified atom stereocenters. The Balaban J connectivity index is 0. The van der Waals surface area contributed by atoms with Crippen LogP contribution in [0.1, 0.15) is 104 Å². The Kier molecular flexibility index (Phi) is 23.1. The van der Waals surface area contributed by atoms with E-state index in [0.29, 0.717) is 13.0 Å². The van der Waals surface area contributed by atoms with Crippen molar-refractivity contribution in [2.45, 2.75) is 114 Å². The zero-order valence-electron chi connectivity index (χ0n) is 16.0. The van der Waals surface area contributed by atoms with Crippen LogP contribution in [0.5, 0.6) is 0 Å². The fourth-order valence-corrected chi connectivity index (χ4v) is 4.60. The zero-order valence-corrected chi connectivity index (χ0v) is 18.7. The van der Waals surface area contributed by atoms with Gasteiger partial charge in [-0.15, -0.1) is 0 Å². The molecular weight excluding hydrogens is 410 g/mol. The molecule has 0 rings (SSSR count). The van der Waals surface area contributed by atoms with Crippen molar-refractivity contribution in [1.82, 2.24) is 0 Å². The van der Waals surface area contributed by atoms with E-state index in [-0.39, 0.29) is 34.8 Å². The first kappa shape index (κ1) is 28.6. The van der Waals surface area contributed by atoms with E-state index in [1.165, 1.54) is 57.8 Å². The Labute approximate surface area is 188 Å². The van der Waals surface area contributed by atoms with Crippen LogP contribution in [0.15, 0.2) is 0 Å². The second-order valence-electron chi connectivity index (χ2n) is 6.75. The molecule has 0 aromatic rings. The Hall–Kier alpha value is 1.43. The molecule has 0 aliphatic heterocycles. The van der Waals surface area contributed by atoms with Gasteiger partial charge in [-0.2, -0.15) is 0 Å². The van der Waals surface area contributed by atoms with E-state index in [0.717, 1.165) is 31.0 Å². The van der Waals surface area contributed by atoms with Crippen LogP contribution in [0.2, 0.25) is 5.32 Å². The first-order chi connectivity index (χ1) is 11.6. The summed E-state index contributed by atoms with van der Waals surface area (Å²) in [6.07, 6.45) is 16.4. The molecule has 0 aromatic heterocycles. The summed E-state index contributed by atoms with van der Waals surface area (Å²) in [6, 6.07) is 0. The fraction of sp³-hybridized carbons (Fsp3) is 1.00. The van der Waals surface area contributed by atoms with Crippen molar-refractivity contribution < 1.29 is 12.6 Å². The monoisotopic (exact) mass is 452 g/mol. The van der Waals surface area contributed by atoms with Gasteiger partial charge in [-0.05, 0) is 0 Å². The summed E-state index contributed by atoms with van der Waals surface area (Å²) in [7, 11) is -3.36. The summed E-state index contributed by atoms with van der Waals surface area (Å²) in [6.45, 7) is 4.53. The standard InChI is InChI=1S/C19H40O3SSe.Na.H/c1-3-5-6-7-8-9-10-11-12-13-14-16-19(4-2)23(20,21)22-17-15-18-24;;/h19,24H,3-18H2,1-2H3;;. The summed E-state index contributed by atoms with van der Waals surface area (Å²) < 4.78 is 29.4. The van der Waals surface area contributed by atoms with E-state index >= 15 is 0 Å². The Morgan fingerprint density at radius 2 is 1.28 bits per heavy atom. The third-order valence-electron chi connectivity index (χ3n) is 4.54. The van der Waals surface area contributed by atoms with E-state index < -0.39 is 10.1 Å². The van der Waals surface area contributed by atoms with Gasteiger partial charge in [-0.3, -0.25) is 0 Å². The van der Waals surface area contributed by atoms with Gasteiger partial charge in [0, 0.05) is 0 Å². The normalized spacial score (nSPS) is 12.8. The molecule has 0 fully saturated rings. The minimum absolute atomic E-state index is 0. The summed E-state index contributed by atoms with van der Waals surface area (Å²) >= 11 is 2.46. The molecule has 0 aromatic carbocycles. The second kappa shape index (κ2) is 20.2. The molecule has 25 heavy (non-hydrogen) atoms. The van der Waals surface area contributed by atoms with E-state index in [1.54, 1.807) is 0 Å². The van der Waals surface area contributed by atoms with Crippen molar-refractivity contribution in [3.8, 4) is 0 Å². The van der Waals surface area contributed by atoms with Gasteiger partial charge in [0.05, 0.1) is 0 Å². The van der Waals surface area contributed by atoms with Crippen LogP contribution >= 0.6 is 0 Å². The molecule has 0 heterocycles. The van der Waals surface area contributed by atoms with Crippen molar-refractivity contribution in [2.24, 2.45) is 0 Å². The van der Waals surface area contributed by atoms with Crippen molar-refractivity contribution in [3.05, 3.63) is 0 Å². The molecule has 0 bridgehead atoms.